The third-order valence-electron chi connectivity index (χ3n) is 9.03. The van der Waals surface area contributed by atoms with Crippen molar-refractivity contribution in [3.8, 4) is 23.6 Å². The van der Waals surface area contributed by atoms with Crippen LogP contribution in [0.5, 0.6) is 0 Å². The molecule has 4 heterocycles. The summed E-state index contributed by atoms with van der Waals surface area (Å²) in [4.78, 5) is 51.0. The number of likely N-dealkylation sites (tertiary alicyclic amines) is 1. The van der Waals surface area contributed by atoms with Gasteiger partial charge in [-0.3, -0.25) is 14.4 Å². The molecule has 1 saturated carbocycles. The smallest absolute Gasteiger partial charge is 0.249 e. The van der Waals surface area contributed by atoms with Gasteiger partial charge in [0.25, 0.3) is 0 Å². The number of anilines is 1. The number of piperazine rings is 1. The number of hydrogen-bond donors (Lipinski definition) is 1. The molecule has 10 heteroatoms. The second-order valence-electron chi connectivity index (χ2n) is 11.4. The highest BCUT2D eigenvalue weighted by Gasteiger charge is 2.53. The number of thiazole rings is 1. The molecule has 40 heavy (non-hydrogen) atoms. The van der Waals surface area contributed by atoms with E-state index < -0.39 is 24.0 Å². The Labute approximate surface area is 238 Å². The van der Waals surface area contributed by atoms with Gasteiger partial charge in [-0.15, -0.1) is 17.8 Å². The number of terminal acetylenes is 1. The summed E-state index contributed by atoms with van der Waals surface area (Å²) in [6, 6.07) is 4.82. The Balaban J connectivity index is 1.37. The molecule has 3 saturated heterocycles. The number of carbonyl (C=O) groups is 3. The fourth-order valence-electron chi connectivity index (χ4n) is 6.83. The summed E-state index contributed by atoms with van der Waals surface area (Å²) in [5.41, 5.74) is 8.47. The molecular formula is C30H35N5O4S. The molecule has 4 fully saturated rings. The van der Waals surface area contributed by atoms with Gasteiger partial charge >= 0.3 is 0 Å². The lowest BCUT2D eigenvalue weighted by atomic mass is 9.80. The summed E-state index contributed by atoms with van der Waals surface area (Å²) in [5, 5.41) is 3.00. The van der Waals surface area contributed by atoms with Gasteiger partial charge in [0.15, 0.2) is 10.9 Å². The van der Waals surface area contributed by atoms with E-state index in [2.05, 4.69) is 22.8 Å². The van der Waals surface area contributed by atoms with Gasteiger partial charge in [-0.1, -0.05) is 24.8 Å². The monoisotopic (exact) mass is 561 g/mol. The molecule has 0 radical (unpaired) electrons. The lowest BCUT2D eigenvalue weighted by molar-refractivity contribution is -0.138. The van der Waals surface area contributed by atoms with Crippen molar-refractivity contribution in [2.75, 3.05) is 51.3 Å². The average Bonchev–Trinajstić information content (AvgIpc) is 3.76. The molecule has 3 aliphatic heterocycles. The summed E-state index contributed by atoms with van der Waals surface area (Å²) >= 11 is 1.60. The van der Waals surface area contributed by atoms with E-state index in [1.165, 1.54) is 0 Å². The highest BCUT2D eigenvalue weighted by molar-refractivity contribution is 7.14. The normalized spacial score (nSPS) is 26.2. The Hall–Kier alpha value is -3.26. The quantitative estimate of drug-likeness (QED) is 0.540. The van der Waals surface area contributed by atoms with E-state index >= 15 is 0 Å². The number of benzene rings is 1. The van der Waals surface area contributed by atoms with Crippen molar-refractivity contribution in [1.82, 2.24) is 14.8 Å². The van der Waals surface area contributed by atoms with Crippen LogP contribution in [-0.2, 0) is 14.3 Å². The summed E-state index contributed by atoms with van der Waals surface area (Å²) < 4.78 is 5.71. The summed E-state index contributed by atoms with van der Waals surface area (Å²) in [6.07, 6.45) is 9.06. The van der Waals surface area contributed by atoms with Gasteiger partial charge in [0.1, 0.15) is 18.8 Å². The Morgan fingerprint density at radius 1 is 1.20 bits per heavy atom. The van der Waals surface area contributed by atoms with E-state index in [1.54, 1.807) is 22.3 Å². The van der Waals surface area contributed by atoms with Gasteiger partial charge in [0.2, 0.25) is 11.8 Å². The van der Waals surface area contributed by atoms with Crippen LogP contribution in [0.3, 0.4) is 0 Å². The van der Waals surface area contributed by atoms with Crippen LogP contribution in [-0.4, -0.2) is 90.9 Å². The second kappa shape index (κ2) is 11.0. The van der Waals surface area contributed by atoms with Crippen LogP contribution in [0.25, 0.3) is 11.3 Å². The van der Waals surface area contributed by atoms with E-state index in [9.17, 15) is 14.4 Å². The molecule has 6 rings (SSSR count). The average molecular weight is 562 g/mol. The van der Waals surface area contributed by atoms with Crippen molar-refractivity contribution in [3.63, 3.8) is 0 Å². The van der Waals surface area contributed by atoms with Crippen molar-refractivity contribution in [2.24, 2.45) is 17.6 Å². The second-order valence-corrected chi connectivity index (χ2v) is 12.3. The number of likely N-dealkylation sites (N-methyl/N-ethyl adjacent to an activating group) is 1. The SMILES string of the molecule is C#C[C@@H]1CN(C(=O)[C@H](c2cc(-c3csc(N4CCN(C)CC4)n3)ccc2C(N)=O)C2CCCC2)[C@@H]2C(=O)CO[C@H]12. The first-order valence-corrected chi connectivity index (χ1v) is 15.0. The highest BCUT2D eigenvalue weighted by Crippen LogP contribution is 2.43. The van der Waals surface area contributed by atoms with Gasteiger partial charge in [-0.05, 0) is 43.5 Å². The lowest BCUT2D eigenvalue weighted by Gasteiger charge is -2.32. The minimum absolute atomic E-state index is 0.0348. The third kappa shape index (κ3) is 4.80. The molecule has 4 atom stereocenters. The number of ether oxygens (including phenoxy) is 1. The van der Waals surface area contributed by atoms with E-state index in [1.807, 2.05) is 17.5 Å². The van der Waals surface area contributed by atoms with Gasteiger partial charge < -0.3 is 25.2 Å². The van der Waals surface area contributed by atoms with Crippen LogP contribution in [0, 0.1) is 24.2 Å². The number of nitrogens with zero attached hydrogens (tertiary/aromatic N) is 4. The van der Waals surface area contributed by atoms with Gasteiger partial charge in [-0.25, -0.2) is 4.98 Å². The van der Waals surface area contributed by atoms with Crippen LogP contribution in [0.1, 0.15) is 47.5 Å². The van der Waals surface area contributed by atoms with Gasteiger partial charge in [0, 0.05) is 49.2 Å². The standard InChI is InChI=1S/C30H35N5O4S/c1-3-18-15-35(26-24(36)16-39-27(18)26)29(38)25(19-6-4-5-7-19)22-14-20(8-9-21(22)28(31)37)23-17-40-30(32-23)34-12-10-33(2)11-13-34/h1,8-9,14,17-19,25-27H,4-7,10-13,15-16H2,2H3,(H2,31,37)/t18-,25+,26-,27-/m1/s1. The number of nitrogens with two attached hydrogens (primary N) is 1. The number of carbonyl (C=O) groups excluding carboxylic acids is 3. The zero-order valence-corrected chi connectivity index (χ0v) is 23.6. The molecule has 210 valence electrons. The van der Waals surface area contributed by atoms with Crippen molar-refractivity contribution in [1.29, 1.82) is 0 Å². The Kier molecular flexibility index (Phi) is 7.38. The maximum Gasteiger partial charge on any atom is 0.249 e. The van der Waals surface area contributed by atoms with Crippen LogP contribution in [0.15, 0.2) is 23.6 Å². The molecule has 4 aliphatic rings. The van der Waals surface area contributed by atoms with Crippen LogP contribution in [0.4, 0.5) is 5.13 Å². The number of aromatic nitrogens is 1. The molecular weight excluding hydrogens is 526 g/mol. The molecule has 0 spiro atoms. The molecule has 2 amide bonds. The molecule has 1 aliphatic carbocycles. The van der Waals surface area contributed by atoms with Crippen molar-refractivity contribution in [2.45, 2.75) is 43.7 Å². The number of Topliss-reactive ketones (excluding diaryl/α,β-unsaturated/α-hetero) is 1. The summed E-state index contributed by atoms with van der Waals surface area (Å²) in [7, 11) is 2.12. The number of amides is 2. The molecule has 0 bridgehead atoms. The number of rotatable bonds is 6. The minimum atomic E-state index is -0.678. The largest absolute Gasteiger partial charge is 0.366 e. The number of primary amides is 1. The molecule has 0 unspecified atom stereocenters. The summed E-state index contributed by atoms with van der Waals surface area (Å²) in [6.45, 7) is 4.06. The Bertz CT molecular complexity index is 1350. The van der Waals surface area contributed by atoms with E-state index in [4.69, 9.17) is 21.9 Å². The van der Waals surface area contributed by atoms with E-state index in [-0.39, 0.29) is 36.7 Å². The maximum absolute atomic E-state index is 14.4. The van der Waals surface area contributed by atoms with Crippen molar-refractivity contribution >= 4 is 34.1 Å². The predicted octanol–water partition coefficient (Wildman–Crippen LogP) is 2.36. The molecule has 2 aromatic rings. The van der Waals surface area contributed by atoms with E-state index in [0.717, 1.165) is 68.3 Å². The van der Waals surface area contributed by atoms with Crippen molar-refractivity contribution in [3.05, 3.63) is 34.7 Å². The number of fused-ring (bicyclic) bond motifs is 1. The molecule has 2 N–H and O–H groups in total. The first-order valence-electron chi connectivity index (χ1n) is 14.1. The fraction of sp³-hybridized carbons (Fsp3) is 0.533. The first-order chi connectivity index (χ1) is 19.4. The number of hydrogen-bond acceptors (Lipinski definition) is 8. The topological polar surface area (TPSA) is 109 Å². The zero-order valence-electron chi connectivity index (χ0n) is 22.8. The predicted molar refractivity (Wildman–Crippen MR) is 153 cm³/mol. The van der Waals surface area contributed by atoms with Gasteiger partial charge in [-0.2, -0.15) is 0 Å². The molecule has 9 nitrogen and oxygen atoms in total. The fourth-order valence-corrected chi connectivity index (χ4v) is 7.72. The zero-order chi connectivity index (χ0) is 28.0. The van der Waals surface area contributed by atoms with Crippen LogP contribution in [0.2, 0.25) is 0 Å². The highest BCUT2D eigenvalue weighted by atomic mass is 32.1. The van der Waals surface area contributed by atoms with Gasteiger partial charge in [0.05, 0.1) is 17.5 Å². The molecule has 1 aromatic carbocycles. The third-order valence-corrected chi connectivity index (χ3v) is 9.93. The molecule has 1 aromatic heterocycles. The first kappa shape index (κ1) is 26.9. The van der Waals surface area contributed by atoms with Crippen molar-refractivity contribution < 1.29 is 19.1 Å². The lowest BCUT2D eigenvalue weighted by Crippen LogP contribution is -2.45. The summed E-state index contributed by atoms with van der Waals surface area (Å²) in [5.74, 6) is 0.951. The Morgan fingerprint density at radius 3 is 2.65 bits per heavy atom. The Morgan fingerprint density at radius 2 is 1.95 bits per heavy atom. The minimum Gasteiger partial charge on any atom is -0.366 e. The van der Waals surface area contributed by atoms with Crippen LogP contribution >= 0.6 is 11.3 Å². The van der Waals surface area contributed by atoms with Crippen LogP contribution < -0.4 is 10.6 Å². The number of ketones is 1. The van der Waals surface area contributed by atoms with E-state index in [0.29, 0.717) is 11.1 Å². The maximum atomic E-state index is 14.4.